The fraction of sp³-hybridized carbons (Fsp3) is 0.320. The summed E-state index contributed by atoms with van der Waals surface area (Å²) in [6.45, 7) is 4.08. The second kappa shape index (κ2) is 10.6. The molecule has 3 aromatic rings. The third kappa shape index (κ3) is 5.81. The number of aliphatic carboxylic acids is 1. The van der Waals surface area contributed by atoms with Crippen molar-refractivity contribution < 1.29 is 23.8 Å². The highest BCUT2D eigenvalue weighted by atomic mass is 16.5. The van der Waals surface area contributed by atoms with E-state index in [0.717, 1.165) is 43.2 Å². The monoisotopic (exact) mass is 421 g/mol. The zero-order valence-electron chi connectivity index (χ0n) is 17.8. The fourth-order valence-corrected chi connectivity index (χ4v) is 3.32. The van der Waals surface area contributed by atoms with Crippen LogP contribution in [0, 0.1) is 0 Å². The number of hydrogen-bond donors (Lipinski definition) is 1. The van der Waals surface area contributed by atoms with Gasteiger partial charge in [0.1, 0.15) is 17.2 Å². The predicted molar refractivity (Wildman–Crippen MR) is 119 cm³/mol. The van der Waals surface area contributed by atoms with Gasteiger partial charge in [0, 0.05) is 5.56 Å². The molecule has 6 nitrogen and oxygen atoms in total. The van der Waals surface area contributed by atoms with E-state index in [9.17, 15) is 14.7 Å². The van der Waals surface area contributed by atoms with Crippen molar-refractivity contribution >= 4 is 29.1 Å². The van der Waals surface area contributed by atoms with E-state index in [1.165, 1.54) is 6.08 Å². The molecule has 0 spiro atoms. The summed E-state index contributed by atoms with van der Waals surface area (Å²) in [5, 5.41) is 9.54. The van der Waals surface area contributed by atoms with E-state index in [0.29, 0.717) is 17.0 Å². The van der Waals surface area contributed by atoms with Crippen molar-refractivity contribution in [2.45, 2.75) is 52.1 Å². The molecule has 1 heterocycles. The highest BCUT2D eigenvalue weighted by Crippen LogP contribution is 2.25. The molecule has 0 fully saturated rings. The summed E-state index contributed by atoms with van der Waals surface area (Å²) in [6, 6.07) is 14.5. The smallest absolute Gasteiger partial charge is 0.345 e. The van der Waals surface area contributed by atoms with Crippen LogP contribution in [0.2, 0.25) is 0 Å². The van der Waals surface area contributed by atoms with Crippen molar-refractivity contribution in [3.05, 3.63) is 59.7 Å². The maximum Gasteiger partial charge on any atom is 0.345 e. The van der Waals surface area contributed by atoms with Crippen LogP contribution in [0.1, 0.15) is 51.5 Å². The van der Waals surface area contributed by atoms with Gasteiger partial charge in [-0.2, -0.15) is 0 Å². The Morgan fingerprint density at radius 3 is 2.45 bits per heavy atom. The molecule has 1 unspecified atom stereocenters. The zero-order chi connectivity index (χ0) is 22.2. The van der Waals surface area contributed by atoms with Crippen LogP contribution in [0.4, 0.5) is 0 Å². The SMILES string of the molecule is CCCCC(CCC)OC(=O)C(=Cc1ccc(-c2nc3ccccc3o2)cc1)C(=O)O. The number of ether oxygens (including phenoxy) is 1. The number of rotatable bonds is 10. The van der Waals surface area contributed by atoms with Gasteiger partial charge >= 0.3 is 11.9 Å². The number of carboxylic acid groups (broad SMARTS) is 1. The molecule has 0 amide bonds. The number of nitrogens with zero attached hydrogens (tertiary/aromatic N) is 1. The Balaban J connectivity index is 1.78. The summed E-state index contributed by atoms with van der Waals surface area (Å²) >= 11 is 0. The van der Waals surface area contributed by atoms with Crippen molar-refractivity contribution in [2.24, 2.45) is 0 Å². The summed E-state index contributed by atoms with van der Waals surface area (Å²) < 4.78 is 11.3. The molecule has 0 aliphatic carbocycles. The second-order valence-corrected chi connectivity index (χ2v) is 7.43. The van der Waals surface area contributed by atoms with E-state index < -0.39 is 11.9 Å². The number of oxazole rings is 1. The van der Waals surface area contributed by atoms with Crippen LogP contribution in [0.15, 0.2) is 58.5 Å². The van der Waals surface area contributed by atoms with E-state index in [-0.39, 0.29) is 11.7 Å². The van der Waals surface area contributed by atoms with Gasteiger partial charge in [0.25, 0.3) is 0 Å². The van der Waals surface area contributed by atoms with Crippen molar-refractivity contribution in [3.63, 3.8) is 0 Å². The highest BCUT2D eigenvalue weighted by molar-refractivity contribution is 6.17. The van der Waals surface area contributed by atoms with Crippen molar-refractivity contribution in [2.75, 3.05) is 0 Å². The van der Waals surface area contributed by atoms with E-state index in [2.05, 4.69) is 11.9 Å². The lowest BCUT2D eigenvalue weighted by atomic mass is 10.1. The molecule has 0 radical (unpaired) electrons. The lowest BCUT2D eigenvalue weighted by Crippen LogP contribution is -2.22. The van der Waals surface area contributed by atoms with E-state index in [1.54, 1.807) is 24.3 Å². The standard InChI is InChI=1S/C25H27NO5/c1-3-5-9-19(8-4-2)30-25(29)20(24(27)28)16-17-12-14-18(15-13-17)23-26-21-10-6-7-11-22(21)31-23/h6-7,10-16,19H,3-5,8-9H2,1-2H3,(H,27,28). The molecule has 0 aliphatic heterocycles. The maximum atomic E-state index is 12.5. The summed E-state index contributed by atoms with van der Waals surface area (Å²) in [6.07, 6.45) is 5.32. The van der Waals surface area contributed by atoms with Gasteiger partial charge in [-0.1, -0.05) is 57.4 Å². The van der Waals surface area contributed by atoms with Crippen molar-refractivity contribution in [1.29, 1.82) is 0 Å². The van der Waals surface area contributed by atoms with Gasteiger partial charge in [-0.15, -0.1) is 0 Å². The number of fused-ring (bicyclic) bond motifs is 1. The first-order valence-electron chi connectivity index (χ1n) is 10.6. The predicted octanol–water partition coefficient (Wildman–Crippen LogP) is 5.86. The minimum Gasteiger partial charge on any atom is -0.477 e. The Kier molecular flexibility index (Phi) is 7.60. The van der Waals surface area contributed by atoms with Crippen LogP contribution in [-0.4, -0.2) is 28.1 Å². The Morgan fingerprint density at radius 1 is 1.06 bits per heavy atom. The zero-order valence-corrected chi connectivity index (χ0v) is 17.8. The van der Waals surface area contributed by atoms with Crippen molar-refractivity contribution in [1.82, 2.24) is 4.98 Å². The molecule has 2 aromatic carbocycles. The quantitative estimate of drug-likeness (QED) is 0.191. The molecule has 31 heavy (non-hydrogen) atoms. The molecular weight excluding hydrogens is 394 g/mol. The van der Waals surface area contributed by atoms with Crippen LogP contribution in [-0.2, 0) is 14.3 Å². The number of hydrogen-bond acceptors (Lipinski definition) is 5. The topological polar surface area (TPSA) is 89.6 Å². The van der Waals surface area contributed by atoms with Gasteiger partial charge in [0.2, 0.25) is 5.89 Å². The molecule has 6 heteroatoms. The first-order chi connectivity index (χ1) is 15.0. The van der Waals surface area contributed by atoms with Crippen LogP contribution < -0.4 is 0 Å². The number of carbonyl (C=O) groups excluding carboxylic acids is 1. The highest BCUT2D eigenvalue weighted by Gasteiger charge is 2.22. The third-order valence-corrected chi connectivity index (χ3v) is 4.98. The molecule has 0 aliphatic rings. The number of para-hydroxylation sites is 2. The van der Waals surface area contributed by atoms with Crippen LogP contribution in [0.25, 0.3) is 28.6 Å². The number of esters is 1. The minimum absolute atomic E-state index is 0.262. The Morgan fingerprint density at radius 2 is 1.81 bits per heavy atom. The van der Waals surface area contributed by atoms with E-state index in [1.807, 2.05) is 31.2 Å². The van der Waals surface area contributed by atoms with Crippen LogP contribution >= 0.6 is 0 Å². The van der Waals surface area contributed by atoms with Gasteiger partial charge < -0.3 is 14.3 Å². The van der Waals surface area contributed by atoms with Crippen LogP contribution in [0.3, 0.4) is 0 Å². The first-order valence-corrected chi connectivity index (χ1v) is 10.6. The largest absolute Gasteiger partial charge is 0.477 e. The lowest BCUT2D eigenvalue weighted by Gasteiger charge is -2.17. The number of benzene rings is 2. The molecule has 162 valence electrons. The average molecular weight is 421 g/mol. The number of carboxylic acids is 1. The molecule has 3 rings (SSSR count). The molecule has 0 bridgehead atoms. The molecular formula is C25H27NO5. The Hall–Kier alpha value is -3.41. The van der Waals surface area contributed by atoms with Gasteiger partial charge in [-0.25, -0.2) is 14.6 Å². The lowest BCUT2D eigenvalue weighted by molar-refractivity contribution is -0.148. The van der Waals surface area contributed by atoms with E-state index in [4.69, 9.17) is 9.15 Å². The number of carbonyl (C=O) groups is 2. The summed E-state index contributed by atoms with van der Waals surface area (Å²) in [5.74, 6) is -1.63. The minimum atomic E-state index is -1.31. The summed E-state index contributed by atoms with van der Waals surface area (Å²) in [5.41, 5.74) is 2.42. The third-order valence-electron chi connectivity index (χ3n) is 4.98. The van der Waals surface area contributed by atoms with Gasteiger partial charge in [0.15, 0.2) is 5.58 Å². The van der Waals surface area contributed by atoms with Gasteiger partial charge in [-0.05, 0) is 48.7 Å². The average Bonchev–Trinajstić information content (AvgIpc) is 3.20. The fourth-order valence-electron chi connectivity index (χ4n) is 3.32. The number of unbranched alkanes of at least 4 members (excludes halogenated alkanes) is 1. The number of aromatic nitrogens is 1. The van der Waals surface area contributed by atoms with E-state index >= 15 is 0 Å². The van der Waals surface area contributed by atoms with Gasteiger partial charge in [0.05, 0.1) is 0 Å². The Bertz CT molecular complexity index is 1030. The van der Waals surface area contributed by atoms with Crippen LogP contribution in [0.5, 0.6) is 0 Å². The molecule has 1 N–H and O–H groups in total. The first kappa shape index (κ1) is 22.3. The van der Waals surface area contributed by atoms with Crippen molar-refractivity contribution in [3.8, 4) is 11.5 Å². The second-order valence-electron chi connectivity index (χ2n) is 7.43. The normalized spacial score (nSPS) is 12.6. The molecule has 1 aromatic heterocycles. The molecule has 0 saturated heterocycles. The molecule has 0 saturated carbocycles. The summed E-state index contributed by atoms with van der Waals surface area (Å²) in [4.78, 5) is 28.7. The Labute approximate surface area is 181 Å². The summed E-state index contributed by atoms with van der Waals surface area (Å²) in [7, 11) is 0. The van der Waals surface area contributed by atoms with Gasteiger partial charge in [-0.3, -0.25) is 0 Å². The molecule has 1 atom stereocenters. The maximum absolute atomic E-state index is 12.5.